The fourth-order valence-electron chi connectivity index (χ4n) is 2.03. The van der Waals surface area contributed by atoms with Gasteiger partial charge in [0.15, 0.2) is 5.13 Å². The molecule has 88 valence electrons. The Hall–Kier alpha value is -1.46. The van der Waals surface area contributed by atoms with Crippen LogP contribution in [0.4, 0.5) is 5.13 Å². The van der Waals surface area contributed by atoms with Gasteiger partial charge in [-0.3, -0.25) is 4.79 Å². The zero-order chi connectivity index (χ0) is 11.7. The minimum Gasteiger partial charge on any atom is -0.306 e. The van der Waals surface area contributed by atoms with E-state index in [1.165, 1.54) is 11.3 Å². The van der Waals surface area contributed by atoms with Gasteiger partial charge >= 0.3 is 0 Å². The molecule has 1 aliphatic heterocycles. The van der Waals surface area contributed by atoms with Gasteiger partial charge in [-0.2, -0.15) is 0 Å². The van der Waals surface area contributed by atoms with E-state index in [-0.39, 0.29) is 11.9 Å². The number of nitrogens with one attached hydrogen (secondary N) is 2. The number of anilines is 1. The second-order valence-corrected chi connectivity index (χ2v) is 5.16. The molecule has 2 aromatic rings. The molecule has 0 radical (unpaired) electrons. The number of rotatable bonds is 2. The molecule has 0 saturated carbocycles. The van der Waals surface area contributed by atoms with Crippen LogP contribution < -0.4 is 10.6 Å². The summed E-state index contributed by atoms with van der Waals surface area (Å²) in [6, 6.07) is 7.84. The van der Waals surface area contributed by atoms with Gasteiger partial charge in [-0.15, -0.1) is 0 Å². The molecule has 17 heavy (non-hydrogen) atoms. The van der Waals surface area contributed by atoms with E-state index in [0.29, 0.717) is 5.13 Å². The molecule has 4 nitrogen and oxygen atoms in total. The van der Waals surface area contributed by atoms with Crippen molar-refractivity contribution < 1.29 is 4.79 Å². The fraction of sp³-hybridized carbons (Fsp3) is 0.333. The highest BCUT2D eigenvalue weighted by atomic mass is 32.1. The number of benzene rings is 1. The SMILES string of the molecule is O=C(Nc1nc2ccccc2s1)[C@H]1CCCN1. The number of aromatic nitrogens is 1. The summed E-state index contributed by atoms with van der Waals surface area (Å²) in [5.41, 5.74) is 0.937. The number of thiazole rings is 1. The molecule has 2 heterocycles. The van der Waals surface area contributed by atoms with Crippen molar-refractivity contribution in [2.24, 2.45) is 0 Å². The van der Waals surface area contributed by atoms with Gasteiger partial charge < -0.3 is 10.6 Å². The third kappa shape index (κ3) is 2.16. The van der Waals surface area contributed by atoms with Gasteiger partial charge in [0.1, 0.15) is 0 Å². The van der Waals surface area contributed by atoms with Gasteiger partial charge in [0.05, 0.1) is 16.3 Å². The van der Waals surface area contributed by atoms with Crippen LogP contribution in [-0.4, -0.2) is 23.5 Å². The number of carbonyl (C=O) groups excluding carboxylic acids is 1. The summed E-state index contributed by atoms with van der Waals surface area (Å²) in [4.78, 5) is 16.3. The van der Waals surface area contributed by atoms with Crippen LogP contribution in [0.1, 0.15) is 12.8 Å². The molecule has 1 amide bonds. The normalized spacial score (nSPS) is 19.6. The zero-order valence-corrected chi connectivity index (χ0v) is 10.1. The van der Waals surface area contributed by atoms with Gasteiger partial charge in [0, 0.05) is 0 Å². The third-order valence-electron chi connectivity index (χ3n) is 2.90. The van der Waals surface area contributed by atoms with Gasteiger partial charge in [-0.25, -0.2) is 4.98 Å². The molecule has 1 aliphatic rings. The maximum atomic E-state index is 11.9. The van der Waals surface area contributed by atoms with Gasteiger partial charge in [-0.1, -0.05) is 23.5 Å². The Morgan fingerprint density at radius 3 is 3.12 bits per heavy atom. The molecule has 1 aromatic carbocycles. The third-order valence-corrected chi connectivity index (χ3v) is 3.85. The summed E-state index contributed by atoms with van der Waals surface area (Å²) >= 11 is 1.51. The first kappa shape index (κ1) is 10.7. The summed E-state index contributed by atoms with van der Waals surface area (Å²) in [5.74, 6) is 0.0292. The van der Waals surface area contributed by atoms with E-state index in [4.69, 9.17) is 0 Å². The summed E-state index contributed by atoms with van der Waals surface area (Å²) in [6.45, 7) is 0.929. The lowest BCUT2D eigenvalue weighted by Crippen LogP contribution is -2.35. The van der Waals surface area contributed by atoms with Crippen molar-refractivity contribution in [3.63, 3.8) is 0 Å². The van der Waals surface area contributed by atoms with E-state index in [1.807, 2.05) is 24.3 Å². The molecule has 2 N–H and O–H groups in total. The maximum Gasteiger partial charge on any atom is 0.243 e. The van der Waals surface area contributed by atoms with Crippen molar-refractivity contribution in [2.45, 2.75) is 18.9 Å². The standard InChI is InChI=1S/C12H13N3OS/c16-11(9-5-3-7-13-9)15-12-14-8-4-1-2-6-10(8)17-12/h1-2,4,6,9,13H,3,5,7H2,(H,14,15,16)/t9-/m1/s1. The van der Waals surface area contributed by atoms with E-state index in [1.54, 1.807) is 0 Å². The number of carbonyl (C=O) groups is 1. The van der Waals surface area contributed by atoms with Crippen molar-refractivity contribution >= 4 is 32.6 Å². The number of fused-ring (bicyclic) bond motifs is 1. The summed E-state index contributed by atoms with van der Waals surface area (Å²) in [5, 5.41) is 6.74. The molecule has 1 atom stereocenters. The van der Waals surface area contributed by atoms with E-state index in [9.17, 15) is 4.79 Å². The van der Waals surface area contributed by atoms with E-state index >= 15 is 0 Å². The second-order valence-electron chi connectivity index (χ2n) is 4.12. The summed E-state index contributed by atoms with van der Waals surface area (Å²) in [6.07, 6.45) is 1.98. The molecular weight excluding hydrogens is 234 g/mol. The predicted molar refractivity (Wildman–Crippen MR) is 69.3 cm³/mol. The molecule has 0 aliphatic carbocycles. The lowest BCUT2D eigenvalue weighted by atomic mass is 10.2. The number of amides is 1. The van der Waals surface area contributed by atoms with Crippen LogP contribution in [0.15, 0.2) is 24.3 Å². The Morgan fingerprint density at radius 1 is 1.47 bits per heavy atom. The van der Waals surface area contributed by atoms with Crippen molar-refractivity contribution in [2.75, 3.05) is 11.9 Å². The van der Waals surface area contributed by atoms with Gasteiger partial charge in [0.25, 0.3) is 0 Å². The molecule has 0 spiro atoms. The van der Waals surface area contributed by atoms with Crippen molar-refractivity contribution in [1.29, 1.82) is 0 Å². The van der Waals surface area contributed by atoms with E-state index in [2.05, 4.69) is 15.6 Å². The van der Waals surface area contributed by atoms with E-state index in [0.717, 1.165) is 29.6 Å². The summed E-state index contributed by atoms with van der Waals surface area (Å²) < 4.78 is 1.10. The Morgan fingerprint density at radius 2 is 2.35 bits per heavy atom. The van der Waals surface area contributed by atoms with E-state index < -0.39 is 0 Å². The van der Waals surface area contributed by atoms with Crippen LogP contribution in [0.2, 0.25) is 0 Å². The molecule has 1 fully saturated rings. The number of para-hydroxylation sites is 1. The lowest BCUT2D eigenvalue weighted by molar-refractivity contribution is -0.117. The quantitative estimate of drug-likeness (QED) is 0.853. The Kier molecular flexibility index (Phi) is 2.78. The highest BCUT2D eigenvalue weighted by Gasteiger charge is 2.22. The molecule has 1 aromatic heterocycles. The Bertz CT molecular complexity index is 512. The minimum absolute atomic E-state index is 0.0292. The molecule has 3 rings (SSSR count). The Balaban J connectivity index is 1.77. The maximum absolute atomic E-state index is 11.9. The summed E-state index contributed by atoms with van der Waals surface area (Å²) in [7, 11) is 0. The van der Waals surface area contributed by atoms with Gasteiger partial charge in [-0.05, 0) is 31.5 Å². The first-order valence-electron chi connectivity index (χ1n) is 5.73. The fourth-order valence-corrected chi connectivity index (χ4v) is 2.90. The smallest absolute Gasteiger partial charge is 0.243 e. The van der Waals surface area contributed by atoms with Crippen LogP contribution in [-0.2, 0) is 4.79 Å². The topological polar surface area (TPSA) is 54.0 Å². The van der Waals surface area contributed by atoms with Crippen molar-refractivity contribution in [3.8, 4) is 0 Å². The minimum atomic E-state index is -0.0537. The highest BCUT2D eigenvalue weighted by Crippen LogP contribution is 2.25. The predicted octanol–water partition coefficient (Wildman–Crippen LogP) is 1.99. The molecule has 5 heteroatoms. The van der Waals surface area contributed by atoms with Crippen LogP contribution in [0.3, 0.4) is 0 Å². The molecule has 0 unspecified atom stereocenters. The van der Waals surface area contributed by atoms with Gasteiger partial charge in [0.2, 0.25) is 5.91 Å². The average molecular weight is 247 g/mol. The highest BCUT2D eigenvalue weighted by molar-refractivity contribution is 7.22. The van der Waals surface area contributed by atoms with Crippen LogP contribution in [0.5, 0.6) is 0 Å². The van der Waals surface area contributed by atoms with Crippen molar-refractivity contribution in [1.82, 2.24) is 10.3 Å². The van der Waals surface area contributed by atoms with Crippen LogP contribution in [0.25, 0.3) is 10.2 Å². The first-order valence-corrected chi connectivity index (χ1v) is 6.54. The molecular formula is C12H13N3OS. The second kappa shape index (κ2) is 4.43. The monoisotopic (exact) mass is 247 g/mol. The number of nitrogens with zero attached hydrogens (tertiary/aromatic N) is 1. The number of hydrogen-bond acceptors (Lipinski definition) is 4. The van der Waals surface area contributed by atoms with Crippen LogP contribution in [0, 0.1) is 0 Å². The average Bonchev–Trinajstić information content (AvgIpc) is 2.97. The Labute approximate surface area is 103 Å². The largest absolute Gasteiger partial charge is 0.306 e. The zero-order valence-electron chi connectivity index (χ0n) is 9.27. The van der Waals surface area contributed by atoms with Crippen molar-refractivity contribution in [3.05, 3.63) is 24.3 Å². The molecule has 0 bridgehead atoms. The molecule has 1 saturated heterocycles. The van der Waals surface area contributed by atoms with Crippen LogP contribution >= 0.6 is 11.3 Å². The number of hydrogen-bond donors (Lipinski definition) is 2. The lowest BCUT2D eigenvalue weighted by Gasteiger charge is -2.08. The first-order chi connectivity index (χ1) is 8.33.